The number of morpholine rings is 1. The molecule has 1 aromatic rings. The summed E-state index contributed by atoms with van der Waals surface area (Å²) >= 11 is 0. The van der Waals surface area contributed by atoms with Gasteiger partial charge in [-0.15, -0.1) is 0 Å². The number of benzene rings is 1. The molecule has 4 heteroatoms. The summed E-state index contributed by atoms with van der Waals surface area (Å²) in [4.78, 5) is 5.00. The first kappa shape index (κ1) is 16.7. The summed E-state index contributed by atoms with van der Waals surface area (Å²) in [5, 5.41) is 0. The first-order chi connectivity index (χ1) is 11.4. The minimum absolute atomic E-state index is 0.806. The third-order valence-corrected chi connectivity index (χ3v) is 4.86. The van der Waals surface area contributed by atoms with Gasteiger partial charge in [0.15, 0.2) is 0 Å². The van der Waals surface area contributed by atoms with E-state index in [9.17, 15) is 0 Å². The Labute approximate surface area is 140 Å². The van der Waals surface area contributed by atoms with Crippen LogP contribution < -0.4 is 4.74 Å². The highest BCUT2D eigenvalue weighted by Gasteiger charge is 2.12. The number of hydrogen-bond donors (Lipinski definition) is 0. The van der Waals surface area contributed by atoms with Crippen LogP contribution in [0.1, 0.15) is 24.8 Å². The molecule has 0 bridgehead atoms. The van der Waals surface area contributed by atoms with E-state index in [1.54, 1.807) is 0 Å². The molecule has 0 amide bonds. The van der Waals surface area contributed by atoms with Crippen LogP contribution in [-0.2, 0) is 11.2 Å². The monoisotopic (exact) mass is 318 g/mol. The van der Waals surface area contributed by atoms with Gasteiger partial charge in [-0.3, -0.25) is 9.80 Å². The van der Waals surface area contributed by atoms with Crippen molar-refractivity contribution in [1.29, 1.82) is 0 Å². The van der Waals surface area contributed by atoms with Crippen LogP contribution in [0.4, 0.5) is 0 Å². The van der Waals surface area contributed by atoms with Gasteiger partial charge in [-0.25, -0.2) is 0 Å². The highest BCUT2D eigenvalue weighted by molar-refractivity contribution is 5.33. The zero-order valence-electron chi connectivity index (χ0n) is 14.2. The van der Waals surface area contributed by atoms with Crippen molar-refractivity contribution < 1.29 is 9.47 Å². The Hall–Kier alpha value is -1.10. The molecule has 0 aliphatic carbocycles. The normalized spacial score (nSPS) is 20.0. The number of nitrogens with zero attached hydrogens (tertiary/aromatic N) is 2. The van der Waals surface area contributed by atoms with Gasteiger partial charge < -0.3 is 9.47 Å². The molecule has 2 saturated heterocycles. The molecule has 0 spiro atoms. The molecule has 0 unspecified atom stereocenters. The largest absolute Gasteiger partial charge is 0.492 e. The fourth-order valence-corrected chi connectivity index (χ4v) is 3.46. The van der Waals surface area contributed by atoms with Crippen LogP contribution in [0.2, 0.25) is 0 Å². The predicted molar refractivity (Wildman–Crippen MR) is 93.2 cm³/mol. The van der Waals surface area contributed by atoms with Crippen molar-refractivity contribution >= 4 is 0 Å². The van der Waals surface area contributed by atoms with Crippen LogP contribution in [0.15, 0.2) is 24.3 Å². The van der Waals surface area contributed by atoms with E-state index in [2.05, 4.69) is 34.1 Å². The first-order valence-electron chi connectivity index (χ1n) is 9.15. The molecule has 4 nitrogen and oxygen atoms in total. The van der Waals surface area contributed by atoms with Gasteiger partial charge in [0.05, 0.1) is 13.2 Å². The lowest BCUT2D eigenvalue weighted by Crippen LogP contribution is -2.36. The average Bonchev–Trinajstić information content (AvgIpc) is 3.11. The maximum absolute atomic E-state index is 6.07. The van der Waals surface area contributed by atoms with Gasteiger partial charge in [0.25, 0.3) is 0 Å². The average molecular weight is 318 g/mol. The molecule has 0 radical (unpaired) electrons. The summed E-state index contributed by atoms with van der Waals surface area (Å²) in [7, 11) is 0. The summed E-state index contributed by atoms with van der Waals surface area (Å²) in [5.74, 6) is 1.08. The van der Waals surface area contributed by atoms with E-state index in [0.717, 1.165) is 58.2 Å². The third-order valence-electron chi connectivity index (χ3n) is 4.86. The second-order valence-electron chi connectivity index (χ2n) is 6.56. The van der Waals surface area contributed by atoms with Crippen molar-refractivity contribution in [3.63, 3.8) is 0 Å². The minimum atomic E-state index is 0.806. The van der Waals surface area contributed by atoms with Gasteiger partial charge in [0, 0.05) is 19.6 Å². The Morgan fingerprint density at radius 2 is 1.65 bits per heavy atom. The lowest BCUT2D eigenvalue weighted by molar-refractivity contribution is 0.0374. The molecule has 3 rings (SSSR count). The van der Waals surface area contributed by atoms with Crippen LogP contribution in [-0.4, -0.2) is 68.9 Å². The highest BCUT2D eigenvalue weighted by Crippen LogP contribution is 2.20. The zero-order valence-corrected chi connectivity index (χ0v) is 14.2. The second kappa shape index (κ2) is 9.26. The predicted octanol–water partition coefficient (Wildman–Crippen LogP) is 2.43. The SMILES string of the molecule is c1ccc(OCCN2CCCC2)c(CCCN2CCOCC2)c1. The molecule has 2 aliphatic rings. The summed E-state index contributed by atoms with van der Waals surface area (Å²) < 4.78 is 11.5. The van der Waals surface area contributed by atoms with Crippen LogP contribution in [0.25, 0.3) is 0 Å². The maximum Gasteiger partial charge on any atom is 0.122 e. The third kappa shape index (κ3) is 5.48. The Bertz CT molecular complexity index is 454. The van der Waals surface area contributed by atoms with E-state index in [-0.39, 0.29) is 0 Å². The smallest absolute Gasteiger partial charge is 0.122 e. The second-order valence-corrected chi connectivity index (χ2v) is 6.56. The van der Waals surface area contributed by atoms with Gasteiger partial charge in [0.2, 0.25) is 0 Å². The molecular weight excluding hydrogens is 288 g/mol. The van der Waals surface area contributed by atoms with E-state index >= 15 is 0 Å². The topological polar surface area (TPSA) is 24.9 Å². The summed E-state index contributed by atoms with van der Waals surface area (Å²) in [6.45, 7) is 9.43. The lowest BCUT2D eigenvalue weighted by atomic mass is 10.1. The Balaban J connectivity index is 1.41. The van der Waals surface area contributed by atoms with Crippen molar-refractivity contribution in [2.45, 2.75) is 25.7 Å². The van der Waals surface area contributed by atoms with Crippen molar-refractivity contribution in [3.8, 4) is 5.75 Å². The summed E-state index contributed by atoms with van der Waals surface area (Å²) in [5.41, 5.74) is 1.35. The van der Waals surface area contributed by atoms with Crippen LogP contribution in [0.5, 0.6) is 5.75 Å². The quantitative estimate of drug-likeness (QED) is 0.735. The Morgan fingerprint density at radius 3 is 2.48 bits per heavy atom. The van der Waals surface area contributed by atoms with Gasteiger partial charge in [0.1, 0.15) is 12.4 Å². The lowest BCUT2D eigenvalue weighted by Gasteiger charge is -2.26. The molecule has 2 aliphatic heterocycles. The molecule has 0 atom stereocenters. The number of likely N-dealkylation sites (tertiary alicyclic amines) is 1. The van der Waals surface area contributed by atoms with E-state index in [0.29, 0.717) is 0 Å². The van der Waals surface area contributed by atoms with Crippen molar-refractivity contribution in [1.82, 2.24) is 9.80 Å². The molecule has 0 aromatic heterocycles. The first-order valence-corrected chi connectivity index (χ1v) is 9.15. The number of para-hydroxylation sites is 1. The summed E-state index contributed by atoms with van der Waals surface area (Å²) in [6, 6.07) is 8.53. The van der Waals surface area contributed by atoms with Crippen LogP contribution in [0, 0.1) is 0 Å². The highest BCUT2D eigenvalue weighted by atomic mass is 16.5. The molecule has 0 N–H and O–H groups in total. The molecule has 128 valence electrons. The van der Waals surface area contributed by atoms with Crippen molar-refractivity contribution in [2.75, 3.05) is 59.1 Å². The molecule has 2 heterocycles. The molecular formula is C19H30N2O2. The van der Waals surface area contributed by atoms with Crippen LogP contribution >= 0.6 is 0 Å². The fraction of sp³-hybridized carbons (Fsp3) is 0.684. The number of ether oxygens (including phenoxy) is 2. The number of aryl methyl sites for hydroxylation is 1. The van der Waals surface area contributed by atoms with E-state index in [1.807, 2.05) is 0 Å². The Morgan fingerprint density at radius 1 is 0.913 bits per heavy atom. The van der Waals surface area contributed by atoms with E-state index in [4.69, 9.17) is 9.47 Å². The molecule has 23 heavy (non-hydrogen) atoms. The van der Waals surface area contributed by atoms with Gasteiger partial charge in [-0.2, -0.15) is 0 Å². The fourth-order valence-electron chi connectivity index (χ4n) is 3.46. The van der Waals surface area contributed by atoms with Gasteiger partial charge in [-0.05, 0) is 56.9 Å². The maximum atomic E-state index is 6.07. The summed E-state index contributed by atoms with van der Waals surface area (Å²) in [6.07, 6.45) is 4.97. The van der Waals surface area contributed by atoms with E-state index < -0.39 is 0 Å². The Kier molecular flexibility index (Phi) is 6.74. The van der Waals surface area contributed by atoms with E-state index in [1.165, 1.54) is 37.9 Å². The van der Waals surface area contributed by atoms with Gasteiger partial charge >= 0.3 is 0 Å². The standard InChI is InChI=1S/C19H30N2O2/c1-2-8-19(23-17-14-20-9-3-4-10-20)18(6-1)7-5-11-21-12-15-22-16-13-21/h1-2,6,8H,3-5,7,9-17H2. The molecule has 2 fully saturated rings. The van der Waals surface area contributed by atoms with Crippen molar-refractivity contribution in [3.05, 3.63) is 29.8 Å². The van der Waals surface area contributed by atoms with Gasteiger partial charge in [-0.1, -0.05) is 18.2 Å². The van der Waals surface area contributed by atoms with Crippen molar-refractivity contribution in [2.24, 2.45) is 0 Å². The molecule has 1 aromatic carbocycles. The van der Waals surface area contributed by atoms with Crippen LogP contribution in [0.3, 0.4) is 0 Å². The minimum Gasteiger partial charge on any atom is -0.492 e. The zero-order chi connectivity index (χ0) is 15.7. The molecule has 0 saturated carbocycles. The number of rotatable bonds is 8. The number of hydrogen-bond acceptors (Lipinski definition) is 4.